The zero-order chi connectivity index (χ0) is 27.8. The van der Waals surface area contributed by atoms with Gasteiger partial charge < -0.3 is 10.1 Å². The van der Waals surface area contributed by atoms with E-state index in [1.165, 1.54) is 11.6 Å². The van der Waals surface area contributed by atoms with E-state index in [-0.39, 0.29) is 16.9 Å². The molecule has 0 atom stereocenters. The maximum absolute atomic E-state index is 13.0. The van der Waals surface area contributed by atoms with Crippen LogP contribution in [0.15, 0.2) is 48.8 Å². The Morgan fingerprint density at radius 2 is 1.59 bits per heavy atom. The van der Waals surface area contributed by atoms with E-state index in [1.54, 1.807) is 12.3 Å². The zero-order valence-corrected chi connectivity index (χ0v) is 23.1. The Kier molecular flexibility index (Phi) is 7.33. The van der Waals surface area contributed by atoms with Gasteiger partial charge >= 0.3 is 6.18 Å². The second kappa shape index (κ2) is 10.4. The fourth-order valence-electron chi connectivity index (χ4n) is 6.23. The summed E-state index contributed by atoms with van der Waals surface area (Å²) < 4.78 is 45.2. The summed E-state index contributed by atoms with van der Waals surface area (Å²) in [6.45, 7) is 9.07. The zero-order valence-electron chi connectivity index (χ0n) is 23.1. The summed E-state index contributed by atoms with van der Waals surface area (Å²) in [5, 5.41) is 3.62. The summed E-state index contributed by atoms with van der Waals surface area (Å²) in [5.41, 5.74) is 2.33. The van der Waals surface area contributed by atoms with Crippen LogP contribution >= 0.6 is 0 Å². The molecular weight excluding hydrogens is 501 g/mol. The molecule has 3 aliphatic rings. The van der Waals surface area contributed by atoms with Crippen LogP contribution in [0.1, 0.15) is 89.0 Å². The number of anilines is 1. The van der Waals surface area contributed by atoms with Crippen LogP contribution in [0.25, 0.3) is 11.4 Å². The topological polar surface area (TPSA) is 59.9 Å². The maximum atomic E-state index is 13.0. The highest BCUT2D eigenvalue weighted by atomic mass is 19.4. The summed E-state index contributed by atoms with van der Waals surface area (Å²) in [4.78, 5) is 13.9. The van der Waals surface area contributed by atoms with E-state index in [2.05, 4.69) is 41.3 Å². The minimum absolute atomic E-state index is 0.0117. The lowest BCUT2D eigenvalue weighted by Gasteiger charge is -2.53. The Morgan fingerprint density at radius 1 is 0.897 bits per heavy atom. The van der Waals surface area contributed by atoms with Crippen molar-refractivity contribution in [2.24, 2.45) is 5.41 Å². The average Bonchev–Trinajstić information content (AvgIpc) is 2.93. The van der Waals surface area contributed by atoms with Gasteiger partial charge in [0.2, 0.25) is 0 Å². The van der Waals surface area contributed by atoms with Crippen LogP contribution in [0.5, 0.6) is 5.75 Å². The number of nitrogens with zero attached hydrogens (tertiary/aromatic N) is 3. The van der Waals surface area contributed by atoms with Crippen molar-refractivity contribution < 1.29 is 17.9 Å². The van der Waals surface area contributed by atoms with Crippen LogP contribution in [0.2, 0.25) is 0 Å². The molecule has 0 saturated heterocycles. The molecule has 0 unspecified atom stereocenters. The molecule has 3 aromatic rings. The third kappa shape index (κ3) is 5.61. The highest BCUT2D eigenvalue weighted by molar-refractivity contribution is 5.64. The van der Waals surface area contributed by atoms with Gasteiger partial charge in [0.05, 0.1) is 17.9 Å². The quantitative estimate of drug-likeness (QED) is 0.313. The molecule has 208 valence electrons. The number of hydrogen-bond donors (Lipinski definition) is 1. The van der Waals surface area contributed by atoms with Crippen molar-refractivity contribution in [3.63, 3.8) is 0 Å². The number of rotatable bonds is 8. The normalized spacial score (nSPS) is 22.9. The number of ether oxygens (including phenoxy) is 1. The molecule has 2 bridgehead atoms. The fourth-order valence-corrected chi connectivity index (χ4v) is 6.23. The molecule has 1 aromatic carbocycles. The molecule has 0 amide bonds. The summed E-state index contributed by atoms with van der Waals surface area (Å²) >= 11 is 0. The van der Waals surface area contributed by atoms with Gasteiger partial charge in [0, 0.05) is 29.4 Å². The number of aromatic nitrogens is 3. The predicted molar refractivity (Wildman–Crippen MR) is 147 cm³/mol. The van der Waals surface area contributed by atoms with Crippen LogP contribution in [0.3, 0.4) is 0 Å². The third-order valence-electron chi connectivity index (χ3n) is 8.61. The SMILES string of the molecule is CC(C)Oc1cnc(-c2ccccc2C(C)C)nc1NCC12CCC(c3ccc(C(F)(F)F)cn3)(CC1)CC2. The van der Waals surface area contributed by atoms with E-state index >= 15 is 0 Å². The lowest BCUT2D eigenvalue weighted by Crippen LogP contribution is -2.47. The Hall–Kier alpha value is -3.16. The second-order valence-corrected chi connectivity index (χ2v) is 11.9. The number of fused-ring (bicyclic) bond motifs is 3. The largest absolute Gasteiger partial charge is 0.486 e. The highest BCUT2D eigenvalue weighted by Crippen LogP contribution is 2.57. The van der Waals surface area contributed by atoms with Gasteiger partial charge in [-0.3, -0.25) is 4.98 Å². The summed E-state index contributed by atoms with van der Waals surface area (Å²) in [7, 11) is 0. The molecule has 3 fully saturated rings. The first-order chi connectivity index (χ1) is 18.5. The van der Waals surface area contributed by atoms with Crippen molar-refractivity contribution in [3.05, 3.63) is 65.6 Å². The maximum Gasteiger partial charge on any atom is 0.417 e. The van der Waals surface area contributed by atoms with Gasteiger partial charge in [-0.15, -0.1) is 0 Å². The summed E-state index contributed by atoms with van der Waals surface area (Å²) in [5.74, 6) is 2.36. The van der Waals surface area contributed by atoms with Crippen molar-refractivity contribution in [1.82, 2.24) is 15.0 Å². The molecule has 39 heavy (non-hydrogen) atoms. The molecule has 6 rings (SSSR count). The van der Waals surface area contributed by atoms with Crippen LogP contribution < -0.4 is 10.1 Å². The van der Waals surface area contributed by atoms with E-state index in [4.69, 9.17) is 9.72 Å². The van der Waals surface area contributed by atoms with E-state index in [0.29, 0.717) is 23.3 Å². The number of halogens is 3. The first-order valence-electron chi connectivity index (χ1n) is 13.9. The van der Waals surface area contributed by atoms with Crippen molar-refractivity contribution in [2.45, 2.75) is 89.8 Å². The average molecular weight is 539 g/mol. The van der Waals surface area contributed by atoms with E-state index in [1.807, 2.05) is 26.0 Å². The molecule has 8 heteroatoms. The molecule has 3 aliphatic carbocycles. The summed E-state index contributed by atoms with van der Waals surface area (Å²) in [6, 6.07) is 11.0. The number of alkyl halides is 3. The fraction of sp³-hybridized carbons (Fsp3) is 0.516. The van der Waals surface area contributed by atoms with E-state index in [9.17, 15) is 13.2 Å². The van der Waals surface area contributed by atoms with Crippen molar-refractivity contribution in [3.8, 4) is 17.1 Å². The molecule has 5 nitrogen and oxygen atoms in total. The lowest BCUT2D eigenvalue weighted by molar-refractivity contribution is -0.137. The molecular formula is C31H37F3N4O. The molecule has 1 N–H and O–H groups in total. The third-order valence-corrected chi connectivity index (χ3v) is 8.61. The standard InChI is InChI=1S/C31H37F3N4O/c1-20(2)23-7-5-6-8-24(23)27-36-18-25(39-21(3)4)28(38-27)37-19-29-11-14-30(15-12-29,16-13-29)26-10-9-22(17-35-26)31(32,33)34/h5-10,17-18,20-21H,11-16,19H2,1-4H3,(H,36,37,38). The molecule has 0 radical (unpaired) electrons. The molecule has 0 spiro atoms. The Morgan fingerprint density at radius 3 is 2.18 bits per heavy atom. The van der Waals surface area contributed by atoms with Gasteiger partial charge in [0.25, 0.3) is 0 Å². The van der Waals surface area contributed by atoms with Gasteiger partial charge in [-0.05, 0) is 81.4 Å². The Balaban J connectivity index is 1.33. The molecule has 0 aliphatic heterocycles. The molecule has 3 saturated carbocycles. The molecule has 2 heterocycles. The van der Waals surface area contributed by atoms with Crippen LogP contribution in [-0.4, -0.2) is 27.6 Å². The van der Waals surface area contributed by atoms with E-state index < -0.39 is 11.7 Å². The van der Waals surface area contributed by atoms with Gasteiger partial charge in [-0.1, -0.05) is 38.1 Å². The first kappa shape index (κ1) is 27.4. The number of benzene rings is 1. The van der Waals surface area contributed by atoms with Gasteiger partial charge in [0.15, 0.2) is 17.4 Å². The van der Waals surface area contributed by atoms with Crippen molar-refractivity contribution in [1.29, 1.82) is 0 Å². The lowest BCUT2D eigenvalue weighted by atomic mass is 9.52. The Bertz CT molecular complexity index is 1280. The summed E-state index contributed by atoms with van der Waals surface area (Å²) in [6.07, 6.45) is 4.16. The highest BCUT2D eigenvalue weighted by Gasteiger charge is 2.50. The van der Waals surface area contributed by atoms with Gasteiger partial charge in [-0.2, -0.15) is 13.2 Å². The minimum Gasteiger partial charge on any atom is -0.486 e. The number of nitrogens with one attached hydrogen (secondary N) is 1. The predicted octanol–water partition coefficient (Wildman–Crippen LogP) is 8.17. The smallest absolute Gasteiger partial charge is 0.417 e. The second-order valence-electron chi connectivity index (χ2n) is 11.9. The van der Waals surface area contributed by atoms with Crippen molar-refractivity contribution >= 4 is 5.82 Å². The van der Waals surface area contributed by atoms with Gasteiger partial charge in [-0.25, -0.2) is 9.97 Å². The number of pyridine rings is 1. The van der Waals surface area contributed by atoms with Crippen LogP contribution in [0, 0.1) is 5.41 Å². The van der Waals surface area contributed by atoms with Crippen LogP contribution in [0.4, 0.5) is 19.0 Å². The van der Waals surface area contributed by atoms with E-state index in [0.717, 1.165) is 62.5 Å². The van der Waals surface area contributed by atoms with Crippen LogP contribution in [-0.2, 0) is 11.6 Å². The van der Waals surface area contributed by atoms with Crippen molar-refractivity contribution in [2.75, 3.05) is 11.9 Å². The monoisotopic (exact) mass is 538 g/mol. The Labute approximate surface area is 228 Å². The van der Waals surface area contributed by atoms with Gasteiger partial charge in [0.1, 0.15) is 0 Å². The minimum atomic E-state index is -4.36. The first-order valence-corrected chi connectivity index (χ1v) is 13.9. The molecule has 2 aromatic heterocycles. The number of hydrogen-bond acceptors (Lipinski definition) is 5.